The SMILES string of the molecule is CCCCNC(=NC)NCCc1cc(Br)ccc1F.I. The van der Waals surface area contributed by atoms with Crippen molar-refractivity contribution in [1.29, 1.82) is 0 Å². The van der Waals surface area contributed by atoms with E-state index in [4.69, 9.17) is 0 Å². The van der Waals surface area contributed by atoms with Gasteiger partial charge >= 0.3 is 0 Å². The van der Waals surface area contributed by atoms with Gasteiger partial charge in [-0.1, -0.05) is 29.3 Å². The fourth-order valence-electron chi connectivity index (χ4n) is 1.65. The van der Waals surface area contributed by atoms with E-state index in [9.17, 15) is 4.39 Å². The predicted molar refractivity (Wildman–Crippen MR) is 97.5 cm³/mol. The molecule has 0 bridgehead atoms. The molecule has 0 spiro atoms. The lowest BCUT2D eigenvalue weighted by Crippen LogP contribution is -2.38. The van der Waals surface area contributed by atoms with Crippen molar-refractivity contribution < 1.29 is 4.39 Å². The standard InChI is InChI=1S/C14H21BrFN3.HI/c1-3-4-8-18-14(17-2)19-9-7-11-10-12(15)5-6-13(11)16;/h5-6,10H,3-4,7-9H2,1-2H3,(H2,17,18,19);1H. The molecule has 0 unspecified atom stereocenters. The van der Waals surface area contributed by atoms with Crippen LogP contribution in [-0.2, 0) is 6.42 Å². The lowest BCUT2D eigenvalue weighted by Gasteiger charge is -2.11. The summed E-state index contributed by atoms with van der Waals surface area (Å²) in [6, 6.07) is 5.00. The summed E-state index contributed by atoms with van der Waals surface area (Å²) in [6.07, 6.45) is 2.88. The summed E-state index contributed by atoms with van der Waals surface area (Å²) < 4.78 is 14.4. The van der Waals surface area contributed by atoms with E-state index in [0.717, 1.165) is 29.8 Å². The van der Waals surface area contributed by atoms with Crippen LogP contribution in [0.3, 0.4) is 0 Å². The zero-order valence-electron chi connectivity index (χ0n) is 11.9. The Balaban J connectivity index is 0.00000361. The zero-order chi connectivity index (χ0) is 14.1. The smallest absolute Gasteiger partial charge is 0.190 e. The molecule has 0 saturated carbocycles. The van der Waals surface area contributed by atoms with E-state index < -0.39 is 0 Å². The van der Waals surface area contributed by atoms with Crippen LogP contribution in [0.1, 0.15) is 25.3 Å². The molecule has 0 radical (unpaired) electrons. The van der Waals surface area contributed by atoms with Gasteiger partial charge < -0.3 is 10.6 Å². The molecule has 0 aliphatic rings. The highest BCUT2D eigenvalue weighted by atomic mass is 127. The number of hydrogen-bond donors (Lipinski definition) is 2. The summed E-state index contributed by atoms with van der Waals surface area (Å²) in [4.78, 5) is 4.12. The number of benzene rings is 1. The molecule has 0 fully saturated rings. The van der Waals surface area contributed by atoms with Crippen LogP contribution < -0.4 is 10.6 Å². The molecule has 1 aromatic carbocycles. The Morgan fingerprint density at radius 2 is 2.00 bits per heavy atom. The topological polar surface area (TPSA) is 36.4 Å². The molecule has 1 rings (SSSR count). The minimum atomic E-state index is -0.168. The average molecular weight is 458 g/mol. The fraction of sp³-hybridized carbons (Fsp3) is 0.500. The maximum Gasteiger partial charge on any atom is 0.190 e. The first-order chi connectivity index (χ1) is 9.17. The van der Waals surface area contributed by atoms with Crippen LogP contribution in [0, 0.1) is 5.82 Å². The Labute approximate surface area is 146 Å². The molecule has 3 nitrogen and oxygen atoms in total. The van der Waals surface area contributed by atoms with E-state index in [2.05, 4.69) is 38.5 Å². The summed E-state index contributed by atoms with van der Waals surface area (Å²) in [6.45, 7) is 3.70. The average Bonchev–Trinajstić information content (AvgIpc) is 2.41. The van der Waals surface area contributed by atoms with Crippen molar-refractivity contribution in [2.45, 2.75) is 26.2 Å². The number of nitrogens with zero attached hydrogens (tertiary/aromatic N) is 1. The largest absolute Gasteiger partial charge is 0.356 e. The monoisotopic (exact) mass is 457 g/mol. The van der Waals surface area contributed by atoms with E-state index >= 15 is 0 Å². The molecule has 0 heterocycles. The highest BCUT2D eigenvalue weighted by Crippen LogP contribution is 2.15. The van der Waals surface area contributed by atoms with E-state index in [1.807, 2.05) is 6.07 Å². The number of aliphatic imine (C=N–C) groups is 1. The van der Waals surface area contributed by atoms with Crippen molar-refractivity contribution in [3.8, 4) is 0 Å². The van der Waals surface area contributed by atoms with Crippen molar-refractivity contribution in [3.63, 3.8) is 0 Å². The van der Waals surface area contributed by atoms with Gasteiger partial charge in [-0.3, -0.25) is 4.99 Å². The van der Waals surface area contributed by atoms with Gasteiger partial charge in [0.25, 0.3) is 0 Å². The molecule has 0 aliphatic heterocycles. The summed E-state index contributed by atoms with van der Waals surface area (Å²) in [7, 11) is 1.74. The van der Waals surface area contributed by atoms with Gasteiger partial charge in [-0.15, -0.1) is 24.0 Å². The Hall–Kier alpha value is -0.370. The predicted octanol–water partition coefficient (Wildman–Crippen LogP) is 3.71. The summed E-state index contributed by atoms with van der Waals surface area (Å²) in [5.74, 6) is 0.600. The van der Waals surface area contributed by atoms with Crippen LogP contribution >= 0.6 is 39.9 Å². The first kappa shape index (κ1) is 19.6. The third-order valence-electron chi connectivity index (χ3n) is 2.74. The lowest BCUT2D eigenvalue weighted by atomic mass is 10.1. The molecule has 6 heteroatoms. The molecule has 0 aliphatic carbocycles. The van der Waals surface area contributed by atoms with Crippen LogP contribution in [0.25, 0.3) is 0 Å². The van der Waals surface area contributed by atoms with Crippen molar-refractivity contribution in [2.75, 3.05) is 20.1 Å². The molecule has 0 saturated heterocycles. The fourth-order valence-corrected chi connectivity index (χ4v) is 2.06. The van der Waals surface area contributed by atoms with Crippen LogP contribution in [0.5, 0.6) is 0 Å². The van der Waals surface area contributed by atoms with Gasteiger partial charge in [0.05, 0.1) is 0 Å². The van der Waals surface area contributed by atoms with E-state index in [1.54, 1.807) is 13.1 Å². The third-order valence-corrected chi connectivity index (χ3v) is 3.23. The molecule has 20 heavy (non-hydrogen) atoms. The molecule has 0 amide bonds. The van der Waals surface area contributed by atoms with Crippen molar-refractivity contribution in [1.82, 2.24) is 10.6 Å². The number of rotatable bonds is 6. The highest BCUT2D eigenvalue weighted by Gasteiger charge is 2.03. The number of unbranched alkanes of at least 4 members (excludes halogenated alkanes) is 1. The van der Waals surface area contributed by atoms with Gasteiger partial charge in [0.2, 0.25) is 0 Å². The van der Waals surface area contributed by atoms with Gasteiger partial charge in [0.15, 0.2) is 5.96 Å². The first-order valence-corrected chi connectivity index (χ1v) is 7.35. The molecule has 2 N–H and O–H groups in total. The molecular weight excluding hydrogens is 436 g/mol. The second kappa shape index (κ2) is 11.3. The van der Waals surface area contributed by atoms with Crippen LogP contribution in [0.4, 0.5) is 4.39 Å². The Kier molecular flexibility index (Phi) is 11.1. The van der Waals surface area contributed by atoms with Crippen LogP contribution in [0.15, 0.2) is 27.7 Å². The maximum atomic E-state index is 13.5. The molecule has 114 valence electrons. The Bertz CT molecular complexity index is 427. The number of halogens is 3. The zero-order valence-corrected chi connectivity index (χ0v) is 15.8. The molecule has 1 aromatic rings. The van der Waals surface area contributed by atoms with Gasteiger partial charge in [-0.05, 0) is 36.6 Å². The van der Waals surface area contributed by atoms with Gasteiger partial charge in [-0.25, -0.2) is 4.39 Å². The van der Waals surface area contributed by atoms with E-state index in [-0.39, 0.29) is 29.8 Å². The molecular formula is C14H22BrFIN3. The van der Waals surface area contributed by atoms with Gasteiger partial charge in [-0.2, -0.15) is 0 Å². The number of guanidine groups is 1. The second-order valence-corrected chi connectivity index (χ2v) is 5.18. The first-order valence-electron chi connectivity index (χ1n) is 6.55. The number of hydrogen-bond acceptors (Lipinski definition) is 1. The summed E-state index contributed by atoms with van der Waals surface area (Å²) >= 11 is 3.35. The normalized spacial score (nSPS) is 10.9. The van der Waals surface area contributed by atoms with Crippen molar-refractivity contribution >= 4 is 45.9 Å². The van der Waals surface area contributed by atoms with Crippen molar-refractivity contribution in [2.24, 2.45) is 4.99 Å². The second-order valence-electron chi connectivity index (χ2n) is 4.27. The minimum absolute atomic E-state index is 0. The third kappa shape index (κ3) is 7.42. The van der Waals surface area contributed by atoms with Gasteiger partial charge in [0, 0.05) is 24.6 Å². The number of nitrogens with one attached hydrogen (secondary N) is 2. The van der Waals surface area contributed by atoms with E-state index in [0.29, 0.717) is 18.5 Å². The molecule has 0 atom stereocenters. The van der Waals surface area contributed by atoms with E-state index in [1.165, 1.54) is 6.07 Å². The Morgan fingerprint density at radius 3 is 2.65 bits per heavy atom. The lowest BCUT2D eigenvalue weighted by molar-refractivity contribution is 0.606. The van der Waals surface area contributed by atoms with Gasteiger partial charge in [0.1, 0.15) is 5.82 Å². The summed E-state index contributed by atoms with van der Waals surface area (Å²) in [5, 5.41) is 6.40. The van der Waals surface area contributed by atoms with Crippen LogP contribution in [0.2, 0.25) is 0 Å². The minimum Gasteiger partial charge on any atom is -0.356 e. The van der Waals surface area contributed by atoms with Crippen molar-refractivity contribution in [3.05, 3.63) is 34.1 Å². The quantitative estimate of drug-likeness (QED) is 0.295. The summed E-state index contributed by atoms with van der Waals surface area (Å²) in [5.41, 5.74) is 0.700. The molecule has 0 aromatic heterocycles. The van der Waals surface area contributed by atoms with Crippen LogP contribution in [-0.4, -0.2) is 26.1 Å². The highest BCUT2D eigenvalue weighted by molar-refractivity contribution is 14.0. The maximum absolute atomic E-state index is 13.5. The Morgan fingerprint density at radius 1 is 1.30 bits per heavy atom.